The van der Waals surface area contributed by atoms with E-state index in [1.807, 2.05) is 140 Å². The topological polar surface area (TPSA) is 143 Å². The van der Waals surface area contributed by atoms with Gasteiger partial charge in [0.15, 0.2) is 0 Å². The molecule has 12 heteroatoms. The van der Waals surface area contributed by atoms with Gasteiger partial charge in [0.1, 0.15) is 55.5 Å². The Morgan fingerprint density at radius 3 is 1.68 bits per heavy atom. The molecule has 7 aromatic carbocycles. The molecule has 8 aromatic rings. The van der Waals surface area contributed by atoms with E-state index in [4.69, 9.17) is 23.7 Å². The van der Waals surface area contributed by atoms with E-state index in [9.17, 15) is 9.59 Å². The van der Waals surface area contributed by atoms with Crippen LogP contribution >= 0.6 is 0 Å². The second-order valence-corrected chi connectivity index (χ2v) is 17.9. The number of rotatable bonds is 20. The molecule has 1 N–H and O–H groups in total. The summed E-state index contributed by atoms with van der Waals surface area (Å²) in [6, 6.07) is 60.1. The van der Waals surface area contributed by atoms with Crippen molar-refractivity contribution in [2.45, 2.75) is 58.0 Å². The van der Waals surface area contributed by atoms with Crippen molar-refractivity contribution in [3.8, 4) is 17.2 Å². The number of nitrogens with zero attached hydrogens (tertiary/aromatic N) is 2. The molecular weight excluding hydrogens is 931 g/mol. The summed E-state index contributed by atoms with van der Waals surface area (Å²) in [4.78, 5) is 65.2. The van der Waals surface area contributed by atoms with Gasteiger partial charge in [-0.2, -0.15) is 0 Å². The smallest absolute Gasteiger partial charge is 0.340 e. The van der Waals surface area contributed by atoms with E-state index in [1.165, 1.54) is 24.4 Å². The number of likely N-dealkylation sites (tertiary alicyclic amines) is 1. The lowest BCUT2D eigenvalue weighted by Gasteiger charge is -2.29. The van der Waals surface area contributed by atoms with Gasteiger partial charge < -0.3 is 29.0 Å². The molecule has 2 atom stereocenters. The van der Waals surface area contributed by atoms with E-state index in [2.05, 4.69) is 27.3 Å². The summed E-state index contributed by atoms with van der Waals surface area (Å²) in [6.07, 6.45) is 1.55. The summed E-state index contributed by atoms with van der Waals surface area (Å²) in [5.41, 5.74) is 4.18. The molecule has 2 heterocycles. The first-order valence-corrected chi connectivity index (χ1v) is 24.6. The second kappa shape index (κ2) is 25.0. The first-order valence-electron chi connectivity index (χ1n) is 24.6. The number of carbonyl (C=O) groups excluding carboxylic acids is 4. The molecule has 0 unspecified atom stereocenters. The van der Waals surface area contributed by atoms with Gasteiger partial charge in [-0.1, -0.05) is 152 Å². The van der Waals surface area contributed by atoms with Crippen LogP contribution < -0.4 is 19.5 Å². The Bertz CT molecular complexity index is 3120. The SMILES string of the molecule is O=C(N[C@H]1CN(Cc2ccccc2)CCC[C@@H]1OC(=O)c1cc(OCc2ccccc2)cc(OCc2ccccc2)c1C(=O)c1ncccc1C(=O)OCc1ccccc1)c1ccc(OCc2ccccc2)cc1. The summed E-state index contributed by atoms with van der Waals surface area (Å²) in [7, 11) is 0. The van der Waals surface area contributed by atoms with E-state index in [0.29, 0.717) is 50.4 Å². The number of ether oxygens (including phenoxy) is 5. The maximum atomic E-state index is 15.3. The number of amides is 1. The Kier molecular flexibility index (Phi) is 16.9. The number of benzene rings is 7. The number of nitrogens with one attached hydrogen (secondary N) is 1. The highest BCUT2D eigenvalue weighted by atomic mass is 16.5. The molecule has 1 aliphatic heterocycles. The summed E-state index contributed by atoms with van der Waals surface area (Å²) in [5, 5.41) is 3.21. The fourth-order valence-electron chi connectivity index (χ4n) is 8.69. The van der Waals surface area contributed by atoms with Crippen LogP contribution in [-0.4, -0.2) is 58.7 Å². The van der Waals surface area contributed by atoms with Gasteiger partial charge in [0.05, 0.1) is 22.7 Å². The molecule has 1 fully saturated rings. The second-order valence-electron chi connectivity index (χ2n) is 17.9. The van der Waals surface area contributed by atoms with Crippen LogP contribution in [0.15, 0.2) is 206 Å². The van der Waals surface area contributed by atoms with E-state index in [0.717, 1.165) is 27.8 Å². The quantitative estimate of drug-likeness (QED) is 0.0576. The van der Waals surface area contributed by atoms with Gasteiger partial charge in [-0.15, -0.1) is 0 Å². The Labute approximate surface area is 430 Å². The van der Waals surface area contributed by atoms with Crippen LogP contribution in [0.3, 0.4) is 0 Å². The molecule has 1 amide bonds. The average Bonchev–Trinajstić information content (AvgIpc) is 3.64. The molecule has 1 aromatic heterocycles. The lowest BCUT2D eigenvalue weighted by molar-refractivity contribution is 0.0173. The molecule has 0 bridgehead atoms. The largest absolute Gasteiger partial charge is 0.489 e. The van der Waals surface area contributed by atoms with Crippen LogP contribution in [0.25, 0.3) is 0 Å². The average molecular weight is 986 g/mol. The Morgan fingerprint density at radius 1 is 0.541 bits per heavy atom. The van der Waals surface area contributed by atoms with Gasteiger partial charge in [-0.25, -0.2) is 9.59 Å². The van der Waals surface area contributed by atoms with Crippen LogP contribution in [0, 0.1) is 0 Å². The first-order chi connectivity index (χ1) is 36.3. The predicted octanol–water partition coefficient (Wildman–Crippen LogP) is 11.0. The number of ketones is 1. The maximum absolute atomic E-state index is 15.3. The zero-order chi connectivity index (χ0) is 50.9. The molecule has 12 nitrogen and oxygen atoms in total. The monoisotopic (exact) mass is 985 g/mol. The maximum Gasteiger partial charge on any atom is 0.340 e. The summed E-state index contributed by atoms with van der Waals surface area (Å²) in [6.45, 7) is 2.08. The van der Waals surface area contributed by atoms with Crippen molar-refractivity contribution >= 4 is 23.6 Å². The van der Waals surface area contributed by atoms with Gasteiger partial charge in [-0.3, -0.25) is 19.5 Å². The van der Waals surface area contributed by atoms with Crippen molar-refractivity contribution in [1.29, 1.82) is 0 Å². The van der Waals surface area contributed by atoms with Crippen molar-refractivity contribution in [3.63, 3.8) is 0 Å². The van der Waals surface area contributed by atoms with E-state index >= 15 is 9.59 Å². The predicted molar refractivity (Wildman–Crippen MR) is 280 cm³/mol. The molecule has 1 aliphatic rings. The highest BCUT2D eigenvalue weighted by molar-refractivity contribution is 6.18. The van der Waals surface area contributed by atoms with Gasteiger partial charge in [0.25, 0.3) is 5.91 Å². The molecule has 74 heavy (non-hydrogen) atoms. The normalized spacial score (nSPS) is 14.4. The minimum atomic E-state index is -0.868. The molecule has 0 spiro atoms. The fourth-order valence-corrected chi connectivity index (χ4v) is 8.69. The molecule has 9 rings (SSSR count). The molecule has 1 saturated heterocycles. The molecule has 0 radical (unpaired) electrons. The lowest BCUT2D eigenvalue weighted by Crippen LogP contribution is -2.50. The number of pyridine rings is 1. The fraction of sp³-hybridized carbons (Fsp3) is 0.177. The zero-order valence-corrected chi connectivity index (χ0v) is 40.7. The highest BCUT2D eigenvalue weighted by Gasteiger charge is 2.35. The van der Waals surface area contributed by atoms with E-state index < -0.39 is 29.9 Å². The minimum Gasteiger partial charge on any atom is -0.489 e. The Balaban J connectivity index is 1.06. The van der Waals surface area contributed by atoms with Crippen LogP contribution in [0.2, 0.25) is 0 Å². The number of hydrogen-bond acceptors (Lipinski definition) is 11. The molecular formula is C62H55N3O9. The Hall–Kier alpha value is -8.87. The van der Waals surface area contributed by atoms with E-state index in [-0.39, 0.29) is 59.6 Å². The van der Waals surface area contributed by atoms with Crippen molar-refractivity contribution in [3.05, 3.63) is 262 Å². The van der Waals surface area contributed by atoms with Crippen LogP contribution in [-0.2, 0) is 42.4 Å². The third kappa shape index (κ3) is 13.5. The summed E-state index contributed by atoms with van der Waals surface area (Å²) < 4.78 is 31.1. The number of aromatic nitrogens is 1. The molecule has 372 valence electrons. The number of carbonyl (C=O) groups is 4. The zero-order valence-electron chi connectivity index (χ0n) is 40.7. The number of hydrogen-bond donors (Lipinski definition) is 1. The Morgan fingerprint density at radius 2 is 1.08 bits per heavy atom. The van der Waals surface area contributed by atoms with Gasteiger partial charge in [0.2, 0.25) is 5.78 Å². The van der Waals surface area contributed by atoms with Crippen LogP contribution in [0.5, 0.6) is 17.2 Å². The highest BCUT2D eigenvalue weighted by Crippen LogP contribution is 2.34. The summed E-state index contributed by atoms with van der Waals surface area (Å²) >= 11 is 0. The third-order valence-corrected chi connectivity index (χ3v) is 12.5. The van der Waals surface area contributed by atoms with Crippen LogP contribution in [0.1, 0.15) is 87.8 Å². The van der Waals surface area contributed by atoms with Crippen LogP contribution in [0.4, 0.5) is 0 Å². The van der Waals surface area contributed by atoms with Crippen molar-refractivity contribution in [1.82, 2.24) is 15.2 Å². The van der Waals surface area contributed by atoms with Gasteiger partial charge >= 0.3 is 11.9 Å². The lowest BCUT2D eigenvalue weighted by atomic mass is 9.96. The van der Waals surface area contributed by atoms with Crippen molar-refractivity contribution < 1.29 is 42.9 Å². The van der Waals surface area contributed by atoms with Crippen molar-refractivity contribution in [2.75, 3.05) is 13.1 Å². The van der Waals surface area contributed by atoms with Gasteiger partial charge in [0, 0.05) is 30.9 Å². The molecule has 0 aliphatic carbocycles. The third-order valence-electron chi connectivity index (χ3n) is 12.5. The van der Waals surface area contributed by atoms with Crippen molar-refractivity contribution in [2.24, 2.45) is 0 Å². The van der Waals surface area contributed by atoms with E-state index in [1.54, 1.807) is 30.3 Å². The van der Waals surface area contributed by atoms with Gasteiger partial charge in [-0.05, 0) is 89.7 Å². The minimum absolute atomic E-state index is 0.00145. The molecule has 0 saturated carbocycles. The standard InChI is InChI=1S/C62H55N3O9/c66-59(58-52(28-16-34-63-58)61(68)73-43-48-26-14-5-15-27-48)57-53(36-51(71-41-46-22-10-3-11-23-46)37-56(57)72-42-47-24-12-4-13-25-47)62(69)74-55-29-17-35-65(38-44-18-6-1-7-19-44)39-54(55)64-60(67)49-30-32-50(33-31-49)70-40-45-20-8-2-9-21-45/h1-16,18-28,30-34,36-37,54-55H,17,29,35,38-43H2,(H,64,67)/t54-,55-/m0/s1. The number of esters is 2. The first kappa shape index (κ1) is 50.1. The summed E-state index contributed by atoms with van der Waals surface area (Å²) in [5.74, 6) is -1.96.